The Balaban J connectivity index is 1.65. The van der Waals surface area contributed by atoms with Gasteiger partial charge in [0.1, 0.15) is 17.7 Å². The highest BCUT2D eigenvalue weighted by molar-refractivity contribution is 6.17. The van der Waals surface area contributed by atoms with Crippen LogP contribution in [0.3, 0.4) is 0 Å². The summed E-state index contributed by atoms with van der Waals surface area (Å²) in [6.45, 7) is 6.21. The Labute approximate surface area is 181 Å². The molecule has 1 N–H and O–H groups in total. The van der Waals surface area contributed by atoms with Crippen LogP contribution in [0.5, 0.6) is 5.75 Å². The normalized spacial score (nSPS) is 30.2. The van der Waals surface area contributed by atoms with Crippen molar-refractivity contribution in [1.29, 1.82) is 0 Å². The lowest BCUT2D eigenvalue weighted by Crippen LogP contribution is -2.43. The zero-order chi connectivity index (χ0) is 21.9. The largest absolute Gasteiger partial charge is 0.508 e. The minimum atomic E-state index is -0.674. The Hall–Kier alpha value is -3.15. The first-order valence-corrected chi connectivity index (χ1v) is 10.9. The molecule has 0 saturated heterocycles. The number of rotatable bonds is 2. The number of phenols is 1. The number of carbonyl (C=O) groups is 2. The van der Waals surface area contributed by atoms with E-state index in [0.717, 1.165) is 18.5 Å². The van der Waals surface area contributed by atoms with Gasteiger partial charge in [0.25, 0.3) is 5.91 Å². The summed E-state index contributed by atoms with van der Waals surface area (Å²) in [5.74, 6) is 0.937. The van der Waals surface area contributed by atoms with Crippen molar-refractivity contribution in [1.82, 2.24) is 4.98 Å². The smallest absolute Gasteiger partial charge is 0.295 e. The summed E-state index contributed by atoms with van der Waals surface area (Å²) in [6, 6.07) is 11.5. The van der Waals surface area contributed by atoms with E-state index in [9.17, 15) is 14.7 Å². The van der Waals surface area contributed by atoms with E-state index in [1.807, 2.05) is 25.1 Å². The molecule has 1 amide bonds. The molecule has 1 aromatic carbocycles. The summed E-state index contributed by atoms with van der Waals surface area (Å²) in [7, 11) is 0. The molecule has 31 heavy (non-hydrogen) atoms. The zero-order valence-corrected chi connectivity index (χ0v) is 17.9. The Morgan fingerprint density at radius 2 is 1.81 bits per heavy atom. The fraction of sp³-hybridized carbons (Fsp3) is 0.400. The number of anilines is 1. The molecule has 0 bridgehead atoms. The molecule has 2 aliphatic heterocycles. The SMILES string of the molecule is Cc1cccc(N2C(=O)C3=C(C(=O)C4CC(C)C(C)CC4O3)C2c2cccc(O)c2)n1. The van der Waals surface area contributed by atoms with Crippen LogP contribution in [0, 0.1) is 24.7 Å². The van der Waals surface area contributed by atoms with Gasteiger partial charge in [-0.3, -0.25) is 14.5 Å². The molecule has 3 heterocycles. The topological polar surface area (TPSA) is 79.7 Å². The first-order valence-electron chi connectivity index (χ1n) is 10.9. The number of benzene rings is 1. The van der Waals surface area contributed by atoms with Crippen LogP contribution in [0.15, 0.2) is 53.8 Å². The van der Waals surface area contributed by atoms with Gasteiger partial charge in [-0.15, -0.1) is 0 Å². The van der Waals surface area contributed by atoms with Gasteiger partial charge in [0.15, 0.2) is 11.5 Å². The number of ketones is 1. The lowest BCUT2D eigenvalue weighted by Gasteiger charge is -2.40. The Kier molecular flexibility index (Phi) is 4.61. The first kappa shape index (κ1) is 19.8. The predicted molar refractivity (Wildman–Crippen MR) is 115 cm³/mol. The number of aromatic hydroxyl groups is 1. The van der Waals surface area contributed by atoms with E-state index in [1.165, 1.54) is 4.90 Å². The standard InChI is InChI=1S/C25H26N2O4/c1-13-10-18-19(11-14(13)2)31-24-21(23(18)29)22(16-7-5-8-17(28)12-16)27(25(24)30)20-9-4-6-15(3)26-20/h4-9,12-14,18-19,22,28H,10-11H2,1-3H3. The molecule has 5 rings (SSSR count). The number of nitrogens with zero attached hydrogens (tertiary/aromatic N) is 2. The number of carbonyl (C=O) groups excluding carboxylic acids is 2. The minimum Gasteiger partial charge on any atom is -0.508 e. The van der Waals surface area contributed by atoms with Crippen molar-refractivity contribution in [3.63, 3.8) is 0 Å². The van der Waals surface area contributed by atoms with Crippen molar-refractivity contribution < 1.29 is 19.4 Å². The summed E-state index contributed by atoms with van der Waals surface area (Å²) in [5, 5.41) is 10.1. The molecular weight excluding hydrogens is 392 g/mol. The van der Waals surface area contributed by atoms with E-state index < -0.39 is 6.04 Å². The number of amides is 1. The molecular formula is C25H26N2O4. The van der Waals surface area contributed by atoms with Gasteiger partial charge >= 0.3 is 0 Å². The molecule has 0 spiro atoms. The fourth-order valence-corrected chi connectivity index (χ4v) is 5.17. The predicted octanol–water partition coefficient (Wildman–Crippen LogP) is 4.09. The Bertz CT molecular complexity index is 1110. The van der Waals surface area contributed by atoms with Crippen molar-refractivity contribution in [3.05, 3.63) is 65.1 Å². The Morgan fingerprint density at radius 1 is 1.06 bits per heavy atom. The lowest BCUT2D eigenvalue weighted by atomic mass is 9.70. The number of hydrogen-bond donors (Lipinski definition) is 1. The lowest BCUT2D eigenvalue weighted by molar-refractivity contribution is -0.134. The van der Waals surface area contributed by atoms with Crippen molar-refractivity contribution in [2.75, 3.05) is 4.90 Å². The number of fused-ring (bicyclic) bond motifs is 1. The molecule has 5 unspecified atom stereocenters. The van der Waals surface area contributed by atoms with Crippen molar-refractivity contribution >= 4 is 17.5 Å². The molecule has 1 saturated carbocycles. The zero-order valence-electron chi connectivity index (χ0n) is 17.9. The van der Waals surface area contributed by atoms with E-state index in [1.54, 1.807) is 24.3 Å². The van der Waals surface area contributed by atoms with Crippen LogP contribution in [-0.2, 0) is 14.3 Å². The third-order valence-electron chi connectivity index (χ3n) is 7.02. The number of aryl methyl sites for hydroxylation is 1. The van der Waals surface area contributed by atoms with Gasteiger partial charge in [0, 0.05) is 5.69 Å². The molecule has 2 aromatic rings. The van der Waals surface area contributed by atoms with E-state index >= 15 is 0 Å². The maximum absolute atomic E-state index is 13.8. The molecule has 5 atom stereocenters. The highest BCUT2D eigenvalue weighted by Crippen LogP contribution is 2.49. The van der Waals surface area contributed by atoms with Crippen LogP contribution < -0.4 is 4.90 Å². The summed E-state index contributed by atoms with van der Waals surface area (Å²) in [5.41, 5.74) is 1.82. The Morgan fingerprint density at radius 3 is 2.55 bits per heavy atom. The van der Waals surface area contributed by atoms with Gasteiger partial charge in [0.2, 0.25) is 0 Å². The average Bonchev–Trinajstić information content (AvgIpc) is 3.02. The van der Waals surface area contributed by atoms with E-state index in [4.69, 9.17) is 4.74 Å². The van der Waals surface area contributed by atoms with Crippen molar-refractivity contribution in [2.45, 2.75) is 45.8 Å². The number of pyridine rings is 1. The molecule has 1 aromatic heterocycles. The number of Topliss-reactive ketones (excluding diaryl/α,β-unsaturated/α-hetero) is 1. The second-order valence-corrected chi connectivity index (χ2v) is 9.11. The maximum Gasteiger partial charge on any atom is 0.295 e. The third kappa shape index (κ3) is 3.12. The summed E-state index contributed by atoms with van der Waals surface area (Å²) < 4.78 is 6.26. The summed E-state index contributed by atoms with van der Waals surface area (Å²) in [6.07, 6.45) is 1.25. The summed E-state index contributed by atoms with van der Waals surface area (Å²) in [4.78, 5) is 33.4. The van der Waals surface area contributed by atoms with Gasteiger partial charge in [-0.2, -0.15) is 0 Å². The molecule has 1 aliphatic carbocycles. The van der Waals surface area contributed by atoms with Crippen LogP contribution in [-0.4, -0.2) is 27.9 Å². The van der Waals surface area contributed by atoms with Crippen molar-refractivity contribution in [3.8, 4) is 5.75 Å². The van der Waals surface area contributed by atoms with E-state index in [-0.39, 0.29) is 35.2 Å². The second kappa shape index (κ2) is 7.22. The highest BCUT2D eigenvalue weighted by Gasteiger charge is 2.54. The first-order chi connectivity index (χ1) is 14.8. The molecule has 3 aliphatic rings. The van der Waals surface area contributed by atoms with Crippen LogP contribution in [0.25, 0.3) is 0 Å². The quantitative estimate of drug-likeness (QED) is 0.795. The maximum atomic E-state index is 13.8. The number of aromatic nitrogens is 1. The molecule has 160 valence electrons. The van der Waals surface area contributed by atoms with Crippen LogP contribution >= 0.6 is 0 Å². The number of ether oxygens (including phenoxy) is 1. The second-order valence-electron chi connectivity index (χ2n) is 9.11. The van der Waals surface area contributed by atoms with Gasteiger partial charge < -0.3 is 9.84 Å². The number of hydrogen-bond acceptors (Lipinski definition) is 5. The summed E-state index contributed by atoms with van der Waals surface area (Å²) >= 11 is 0. The van der Waals surface area contributed by atoms with E-state index in [2.05, 4.69) is 18.8 Å². The monoisotopic (exact) mass is 418 g/mol. The molecule has 6 nitrogen and oxygen atoms in total. The van der Waals surface area contributed by atoms with Crippen LogP contribution in [0.4, 0.5) is 5.82 Å². The van der Waals surface area contributed by atoms with Gasteiger partial charge in [0.05, 0.1) is 17.5 Å². The molecule has 1 fully saturated rings. The fourth-order valence-electron chi connectivity index (χ4n) is 5.17. The van der Waals surface area contributed by atoms with Crippen molar-refractivity contribution in [2.24, 2.45) is 17.8 Å². The van der Waals surface area contributed by atoms with Crippen LogP contribution in [0.1, 0.15) is 44.0 Å². The average molecular weight is 418 g/mol. The number of phenolic OH excluding ortho intramolecular Hbond substituents is 1. The highest BCUT2D eigenvalue weighted by atomic mass is 16.5. The molecule has 0 radical (unpaired) electrons. The van der Waals surface area contributed by atoms with E-state index in [0.29, 0.717) is 28.8 Å². The van der Waals surface area contributed by atoms with Gasteiger partial charge in [-0.1, -0.05) is 32.0 Å². The minimum absolute atomic E-state index is 0.0122. The van der Waals surface area contributed by atoms with Gasteiger partial charge in [-0.05, 0) is 61.4 Å². The van der Waals surface area contributed by atoms with Crippen LogP contribution in [0.2, 0.25) is 0 Å². The third-order valence-corrected chi connectivity index (χ3v) is 7.02. The molecule has 6 heteroatoms. The van der Waals surface area contributed by atoms with Gasteiger partial charge in [-0.25, -0.2) is 4.98 Å².